The number of rotatable bonds is 7. The number of hydrogen-bond donors (Lipinski definition) is 0. The van der Waals surface area contributed by atoms with Gasteiger partial charge in [0.1, 0.15) is 11.2 Å². The Kier molecular flexibility index (Phi) is 8.62. The van der Waals surface area contributed by atoms with Crippen LogP contribution in [0.2, 0.25) is 0 Å². The van der Waals surface area contributed by atoms with Crippen LogP contribution in [0.15, 0.2) is 229 Å². The minimum Gasteiger partial charge on any atom is -0.455 e. The third-order valence-electron chi connectivity index (χ3n) is 12.3. The van der Waals surface area contributed by atoms with Crippen LogP contribution in [0, 0.1) is 0 Å². The first-order valence-corrected chi connectivity index (χ1v) is 21.6. The molecule has 3 nitrogen and oxygen atoms in total. The molecular formula is C58H39N2OP. The molecule has 0 saturated heterocycles. The first kappa shape index (κ1) is 36.2. The number of aromatic nitrogens is 1. The van der Waals surface area contributed by atoms with Gasteiger partial charge in [0.2, 0.25) is 0 Å². The highest BCUT2D eigenvalue weighted by atomic mass is 31.0. The summed E-state index contributed by atoms with van der Waals surface area (Å²) in [4.78, 5) is 2.36. The van der Waals surface area contributed by atoms with Gasteiger partial charge in [-0.05, 0) is 117 Å². The summed E-state index contributed by atoms with van der Waals surface area (Å²) in [5.41, 5.74) is 15.5. The molecule has 0 aliphatic rings. The molecule has 0 aliphatic carbocycles. The van der Waals surface area contributed by atoms with Crippen LogP contribution >= 0.6 is 9.24 Å². The van der Waals surface area contributed by atoms with Crippen LogP contribution in [0.5, 0.6) is 0 Å². The van der Waals surface area contributed by atoms with Gasteiger partial charge >= 0.3 is 0 Å². The van der Waals surface area contributed by atoms with E-state index in [1.165, 1.54) is 49.0 Å². The fourth-order valence-corrected chi connectivity index (χ4v) is 9.65. The van der Waals surface area contributed by atoms with Crippen LogP contribution in [-0.4, -0.2) is 4.57 Å². The topological polar surface area (TPSA) is 21.3 Å². The fourth-order valence-electron chi connectivity index (χ4n) is 9.39. The van der Waals surface area contributed by atoms with E-state index in [4.69, 9.17) is 4.42 Å². The van der Waals surface area contributed by atoms with E-state index in [9.17, 15) is 0 Å². The summed E-state index contributed by atoms with van der Waals surface area (Å²) in [5.74, 6) is 0. The van der Waals surface area contributed by atoms with Crippen molar-refractivity contribution in [3.63, 3.8) is 0 Å². The van der Waals surface area contributed by atoms with Gasteiger partial charge in [0.25, 0.3) is 0 Å². The van der Waals surface area contributed by atoms with Crippen LogP contribution in [-0.2, 0) is 0 Å². The first-order chi connectivity index (χ1) is 30.6. The highest BCUT2D eigenvalue weighted by molar-refractivity contribution is 7.27. The lowest BCUT2D eigenvalue weighted by Gasteiger charge is -2.26. The summed E-state index contributed by atoms with van der Waals surface area (Å²) in [6, 6.07) is 80.9. The number of anilines is 3. The Morgan fingerprint density at radius 1 is 0.371 bits per heavy atom. The maximum Gasteiger partial charge on any atom is 0.143 e. The Hall–Kier alpha value is -7.71. The molecule has 12 aromatic rings. The minimum absolute atomic E-state index is 0.903. The van der Waals surface area contributed by atoms with Crippen molar-refractivity contribution in [1.82, 2.24) is 4.57 Å². The quantitative estimate of drug-likeness (QED) is 0.150. The van der Waals surface area contributed by atoms with Crippen LogP contribution in [0.1, 0.15) is 0 Å². The van der Waals surface area contributed by atoms with E-state index < -0.39 is 0 Å². The van der Waals surface area contributed by atoms with Gasteiger partial charge < -0.3 is 13.9 Å². The van der Waals surface area contributed by atoms with Gasteiger partial charge in [-0.2, -0.15) is 0 Å². The number of hydrogen-bond acceptors (Lipinski definition) is 2. The van der Waals surface area contributed by atoms with E-state index >= 15 is 0 Å². The molecule has 0 radical (unpaired) electrons. The second-order valence-corrected chi connectivity index (χ2v) is 16.6. The number of furan rings is 1. The summed E-state index contributed by atoms with van der Waals surface area (Å²) < 4.78 is 8.83. The van der Waals surface area contributed by atoms with E-state index in [0.29, 0.717) is 0 Å². The van der Waals surface area contributed by atoms with Gasteiger partial charge in [0.15, 0.2) is 0 Å². The standard InChI is InChI=1S/C58H39N2OP/c62-47-32-34-56-54(37-47)51-16-4-6-21-55(51)60(56)45-15-8-13-41(35-45)38-23-27-43(28-24-38)59(46-31-33-49-42(36-46)14-9-18-48(49)39-11-2-1-3-12-39)44-29-25-40(26-30-44)50-19-10-20-53-52-17-5-7-22-57(52)61-58(50)53/h1-37H,62H2. The third kappa shape index (κ3) is 6.09. The molecule has 62 heavy (non-hydrogen) atoms. The molecular weight excluding hydrogens is 772 g/mol. The normalized spacial score (nSPS) is 11.6. The Morgan fingerprint density at radius 2 is 1.00 bits per heavy atom. The molecule has 0 fully saturated rings. The zero-order chi connectivity index (χ0) is 41.1. The van der Waals surface area contributed by atoms with Crippen molar-refractivity contribution in [3.05, 3.63) is 224 Å². The van der Waals surface area contributed by atoms with E-state index in [0.717, 1.165) is 66.9 Å². The number of para-hydroxylation sites is 3. The van der Waals surface area contributed by atoms with Crippen LogP contribution in [0.3, 0.4) is 0 Å². The number of fused-ring (bicyclic) bond motifs is 7. The Labute approximate surface area is 361 Å². The van der Waals surface area contributed by atoms with Gasteiger partial charge in [-0.15, -0.1) is 9.24 Å². The average Bonchev–Trinajstić information content (AvgIpc) is 3.88. The smallest absolute Gasteiger partial charge is 0.143 e. The summed E-state index contributed by atoms with van der Waals surface area (Å²) in [6.45, 7) is 0. The third-order valence-corrected chi connectivity index (χ3v) is 12.7. The van der Waals surface area contributed by atoms with Crippen molar-refractivity contribution in [2.24, 2.45) is 0 Å². The molecule has 10 aromatic carbocycles. The van der Waals surface area contributed by atoms with E-state index in [-0.39, 0.29) is 0 Å². The largest absolute Gasteiger partial charge is 0.455 e. The summed E-state index contributed by atoms with van der Waals surface area (Å²) in [6.07, 6.45) is 0. The SMILES string of the molecule is Pc1ccc2c(c1)c1ccccc1n2-c1cccc(-c2ccc(N(c3ccc(-c4cccc5c4oc4ccccc45)cc3)c3ccc4c(-c5ccccc5)cccc4c3)cc2)c1. The predicted octanol–water partition coefficient (Wildman–Crippen LogP) is 15.8. The molecule has 1 atom stereocenters. The molecule has 2 aromatic heterocycles. The first-order valence-electron chi connectivity index (χ1n) is 21.0. The number of benzene rings is 10. The molecule has 12 rings (SSSR count). The fraction of sp³-hybridized carbons (Fsp3) is 0. The molecule has 1 unspecified atom stereocenters. The minimum atomic E-state index is 0.903. The van der Waals surface area contributed by atoms with Gasteiger partial charge in [0, 0.05) is 49.9 Å². The van der Waals surface area contributed by atoms with Crippen LogP contribution in [0.25, 0.3) is 93.6 Å². The zero-order valence-electron chi connectivity index (χ0n) is 33.7. The lowest BCUT2D eigenvalue weighted by atomic mass is 9.97. The molecule has 0 saturated carbocycles. The number of nitrogens with zero attached hydrogens (tertiary/aromatic N) is 2. The summed E-state index contributed by atoms with van der Waals surface area (Å²) in [7, 11) is 2.85. The monoisotopic (exact) mass is 810 g/mol. The van der Waals surface area contributed by atoms with E-state index in [1.54, 1.807) is 0 Å². The maximum absolute atomic E-state index is 6.44. The Balaban J connectivity index is 0.952. The van der Waals surface area contributed by atoms with Crippen molar-refractivity contribution in [2.75, 3.05) is 4.90 Å². The summed E-state index contributed by atoms with van der Waals surface area (Å²) in [5, 5.41) is 8.37. The van der Waals surface area contributed by atoms with Gasteiger partial charge in [0.05, 0.1) is 11.0 Å². The van der Waals surface area contributed by atoms with Gasteiger partial charge in [-0.1, -0.05) is 152 Å². The van der Waals surface area contributed by atoms with Gasteiger partial charge in [-0.25, -0.2) is 0 Å². The van der Waals surface area contributed by atoms with Crippen molar-refractivity contribution < 1.29 is 4.42 Å². The molecule has 2 heterocycles. The van der Waals surface area contributed by atoms with E-state index in [2.05, 4.69) is 231 Å². The second-order valence-electron chi connectivity index (χ2n) is 16.0. The van der Waals surface area contributed by atoms with Gasteiger partial charge in [-0.3, -0.25) is 0 Å². The van der Waals surface area contributed by atoms with Crippen molar-refractivity contribution in [1.29, 1.82) is 0 Å². The Morgan fingerprint density at radius 3 is 1.84 bits per heavy atom. The average molecular weight is 811 g/mol. The molecule has 0 N–H and O–H groups in total. The summed E-state index contributed by atoms with van der Waals surface area (Å²) >= 11 is 0. The van der Waals surface area contributed by atoms with Crippen LogP contribution < -0.4 is 10.2 Å². The van der Waals surface area contributed by atoms with Crippen molar-refractivity contribution in [2.45, 2.75) is 0 Å². The molecule has 0 aliphatic heterocycles. The zero-order valence-corrected chi connectivity index (χ0v) is 34.9. The maximum atomic E-state index is 6.44. The second kappa shape index (κ2) is 14.8. The van der Waals surface area contributed by atoms with E-state index in [1.807, 2.05) is 12.1 Å². The molecule has 292 valence electrons. The van der Waals surface area contributed by atoms with Crippen molar-refractivity contribution >= 4 is 86.1 Å². The van der Waals surface area contributed by atoms with Crippen LogP contribution in [0.4, 0.5) is 17.1 Å². The highest BCUT2D eigenvalue weighted by Gasteiger charge is 2.18. The predicted molar refractivity (Wildman–Crippen MR) is 266 cm³/mol. The molecule has 0 bridgehead atoms. The molecule has 0 spiro atoms. The van der Waals surface area contributed by atoms with Crippen molar-refractivity contribution in [3.8, 4) is 39.1 Å². The molecule has 0 amide bonds. The highest BCUT2D eigenvalue weighted by Crippen LogP contribution is 2.42. The lowest BCUT2D eigenvalue weighted by molar-refractivity contribution is 0.670. The molecule has 4 heteroatoms. The Bertz CT molecular complexity index is 3640. The lowest BCUT2D eigenvalue weighted by Crippen LogP contribution is -2.10.